The smallest absolute Gasteiger partial charge is 0.332 e. The predicted molar refractivity (Wildman–Crippen MR) is 76.6 cm³/mol. The lowest BCUT2D eigenvalue weighted by atomic mass is 10.1. The molecule has 8 heteroatoms. The highest BCUT2D eigenvalue weighted by Gasteiger charge is 2.21. The highest BCUT2D eigenvalue weighted by Crippen LogP contribution is 2.25. The minimum Gasteiger partial charge on any atom is -0.368 e. The molecular formula is C12H20N6O2. The molecule has 3 N–H and O–H groups in total. The number of anilines is 2. The van der Waals surface area contributed by atoms with Crippen molar-refractivity contribution < 1.29 is 4.92 Å². The Balaban J connectivity index is 1.99. The number of nitrogens with zero attached hydrogens (tertiary/aromatic N) is 4. The van der Waals surface area contributed by atoms with Gasteiger partial charge < -0.3 is 16.0 Å². The zero-order valence-corrected chi connectivity index (χ0v) is 11.6. The maximum atomic E-state index is 11.1. The molecule has 0 aromatic carbocycles. The minimum atomic E-state index is -0.474. The van der Waals surface area contributed by atoms with Crippen molar-refractivity contribution in [3.05, 3.63) is 15.8 Å². The van der Waals surface area contributed by atoms with Gasteiger partial charge in [-0.25, -0.2) is 4.98 Å². The second kappa shape index (κ2) is 6.47. The third-order valence-corrected chi connectivity index (χ3v) is 3.43. The Labute approximate surface area is 117 Å². The van der Waals surface area contributed by atoms with Gasteiger partial charge in [-0.2, -0.15) is 4.98 Å². The number of aromatic nitrogens is 2. The van der Waals surface area contributed by atoms with Crippen molar-refractivity contribution in [2.45, 2.75) is 26.2 Å². The molecule has 20 heavy (non-hydrogen) atoms. The molecule has 0 spiro atoms. The molecule has 0 atom stereocenters. The molecule has 1 aromatic heterocycles. The monoisotopic (exact) mass is 280 g/mol. The number of nitrogens with one attached hydrogen (secondary N) is 1. The zero-order chi connectivity index (χ0) is 14.5. The number of hydrogen-bond donors (Lipinski definition) is 2. The van der Waals surface area contributed by atoms with Gasteiger partial charge in [-0.05, 0) is 32.9 Å². The molecule has 2 heterocycles. The van der Waals surface area contributed by atoms with E-state index in [-0.39, 0.29) is 23.1 Å². The SMILES string of the molecule is Cc1nc(N)nc(NCCN2CCCCC2)c1[N+](=O)[O-]. The van der Waals surface area contributed by atoms with Crippen LogP contribution in [0.15, 0.2) is 0 Å². The summed E-state index contributed by atoms with van der Waals surface area (Å²) in [6.07, 6.45) is 3.73. The number of piperidine rings is 1. The molecule has 8 nitrogen and oxygen atoms in total. The summed E-state index contributed by atoms with van der Waals surface area (Å²) in [6, 6.07) is 0. The van der Waals surface area contributed by atoms with Crippen LogP contribution in [-0.4, -0.2) is 46.0 Å². The van der Waals surface area contributed by atoms with Gasteiger partial charge in [0.1, 0.15) is 5.69 Å². The summed E-state index contributed by atoms with van der Waals surface area (Å²) in [6.45, 7) is 5.20. The molecule has 0 radical (unpaired) electrons. The van der Waals surface area contributed by atoms with Crippen molar-refractivity contribution in [3.63, 3.8) is 0 Å². The van der Waals surface area contributed by atoms with Crippen molar-refractivity contribution in [2.24, 2.45) is 0 Å². The van der Waals surface area contributed by atoms with Crippen LogP contribution in [0.3, 0.4) is 0 Å². The molecule has 0 unspecified atom stereocenters. The molecule has 0 bridgehead atoms. The van der Waals surface area contributed by atoms with Crippen molar-refractivity contribution in [2.75, 3.05) is 37.2 Å². The molecular weight excluding hydrogens is 260 g/mol. The van der Waals surface area contributed by atoms with Crippen molar-refractivity contribution >= 4 is 17.5 Å². The Morgan fingerprint density at radius 3 is 2.70 bits per heavy atom. The number of nitrogen functional groups attached to an aromatic ring is 1. The van der Waals surface area contributed by atoms with Crippen molar-refractivity contribution in [1.29, 1.82) is 0 Å². The van der Waals surface area contributed by atoms with E-state index in [9.17, 15) is 10.1 Å². The quantitative estimate of drug-likeness (QED) is 0.615. The Kier molecular flexibility index (Phi) is 4.67. The lowest BCUT2D eigenvalue weighted by molar-refractivity contribution is -0.385. The molecule has 2 rings (SSSR count). The molecule has 0 amide bonds. The topological polar surface area (TPSA) is 110 Å². The molecule has 110 valence electrons. The third-order valence-electron chi connectivity index (χ3n) is 3.43. The van der Waals surface area contributed by atoms with Gasteiger partial charge in [0, 0.05) is 13.1 Å². The second-order valence-corrected chi connectivity index (χ2v) is 4.95. The van der Waals surface area contributed by atoms with Crippen LogP contribution >= 0.6 is 0 Å². The first-order valence-electron chi connectivity index (χ1n) is 6.82. The Morgan fingerprint density at radius 1 is 1.35 bits per heavy atom. The maximum Gasteiger partial charge on any atom is 0.332 e. The van der Waals surface area contributed by atoms with E-state index in [1.54, 1.807) is 6.92 Å². The first kappa shape index (κ1) is 14.4. The van der Waals surface area contributed by atoms with Gasteiger partial charge in [0.2, 0.25) is 11.8 Å². The van der Waals surface area contributed by atoms with Crippen LogP contribution in [0.2, 0.25) is 0 Å². The van der Waals surface area contributed by atoms with E-state index in [2.05, 4.69) is 20.2 Å². The lowest BCUT2D eigenvalue weighted by Gasteiger charge is -2.26. The van der Waals surface area contributed by atoms with Gasteiger partial charge >= 0.3 is 5.69 Å². The van der Waals surface area contributed by atoms with Gasteiger partial charge in [-0.15, -0.1) is 0 Å². The zero-order valence-electron chi connectivity index (χ0n) is 11.6. The van der Waals surface area contributed by atoms with Crippen LogP contribution in [0.4, 0.5) is 17.5 Å². The molecule has 1 aliphatic rings. The minimum absolute atomic E-state index is 0.0496. The first-order valence-corrected chi connectivity index (χ1v) is 6.82. The van der Waals surface area contributed by atoms with Gasteiger partial charge in [0.05, 0.1) is 4.92 Å². The number of nitro groups is 1. The van der Waals surface area contributed by atoms with Crippen LogP contribution in [0.1, 0.15) is 25.0 Å². The largest absolute Gasteiger partial charge is 0.368 e. The second-order valence-electron chi connectivity index (χ2n) is 4.95. The van der Waals surface area contributed by atoms with Gasteiger partial charge in [0.15, 0.2) is 0 Å². The number of hydrogen-bond acceptors (Lipinski definition) is 7. The average molecular weight is 280 g/mol. The van der Waals surface area contributed by atoms with E-state index in [1.165, 1.54) is 19.3 Å². The molecule has 0 aliphatic carbocycles. The Morgan fingerprint density at radius 2 is 2.05 bits per heavy atom. The molecule has 1 saturated heterocycles. The number of aryl methyl sites for hydroxylation is 1. The molecule has 1 fully saturated rings. The molecule has 1 aromatic rings. The van der Waals surface area contributed by atoms with Crippen molar-refractivity contribution in [1.82, 2.24) is 14.9 Å². The number of likely N-dealkylation sites (tertiary alicyclic amines) is 1. The summed E-state index contributed by atoms with van der Waals surface area (Å²) in [5, 5.41) is 14.1. The van der Waals surface area contributed by atoms with Gasteiger partial charge in [0.25, 0.3) is 0 Å². The lowest BCUT2D eigenvalue weighted by Crippen LogP contribution is -2.33. The predicted octanol–water partition coefficient (Wildman–Crippen LogP) is 1.17. The van der Waals surface area contributed by atoms with E-state index in [4.69, 9.17) is 5.73 Å². The summed E-state index contributed by atoms with van der Waals surface area (Å²) in [5.74, 6) is 0.255. The summed E-state index contributed by atoms with van der Waals surface area (Å²) in [7, 11) is 0. The highest BCUT2D eigenvalue weighted by molar-refractivity contribution is 5.60. The molecule has 1 aliphatic heterocycles. The summed E-state index contributed by atoms with van der Waals surface area (Å²) in [5.41, 5.74) is 5.73. The summed E-state index contributed by atoms with van der Waals surface area (Å²) < 4.78 is 0. The van der Waals surface area contributed by atoms with Crippen LogP contribution in [0.5, 0.6) is 0 Å². The first-order chi connectivity index (χ1) is 9.58. The standard InChI is InChI=1S/C12H20N6O2/c1-9-10(18(19)20)11(16-12(13)15-9)14-5-8-17-6-3-2-4-7-17/h2-8H2,1H3,(H3,13,14,15,16). The third kappa shape index (κ3) is 3.53. The maximum absolute atomic E-state index is 11.1. The number of rotatable bonds is 5. The van der Waals surface area contributed by atoms with Gasteiger partial charge in [-0.3, -0.25) is 10.1 Å². The van der Waals surface area contributed by atoms with Crippen LogP contribution in [0.25, 0.3) is 0 Å². The Bertz CT molecular complexity index is 487. The van der Waals surface area contributed by atoms with E-state index >= 15 is 0 Å². The fraction of sp³-hybridized carbons (Fsp3) is 0.667. The van der Waals surface area contributed by atoms with E-state index in [1.807, 2.05) is 0 Å². The fourth-order valence-corrected chi connectivity index (χ4v) is 2.45. The summed E-state index contributed by atoms with van der Waals surface area (Å²) >= 11 is 0. The van der Waals surface area contributed by atoms with Crippen LogP contribution < -0.4 is 11.1 Å². The molecule has 0 saturated carbocycles. The van der Waals surface area contributed by atoms with E-state index in [0.29, 0.717) is 6.54 Å². The average Bonchev–Trinajstić information content (AvgIpc) is 2.38. The van der Waals surface area contributed by atoms with E-state index in [0.717, 1.165) is 19.6 Å². The normalized spacial score (nSPS) is 16.1. The Hall–Kier alpha value is -1.96. The fourth-order valence-electron chi connectivity index (χ4n) is 2.45. The van der Waals surface area contributed by atoms with Crippen molar-refractivity contribution in [3.8, 4) is 0 Å². The van der Waals surface area contributed by atoms with Gasteiger partial charge in [-0.1, -0.05) is 6.42 Å². The highest BCUT2D eigenvalue weighted by atomic mass is 16.6. The van der Waals surface area contributed by atoms with E-state index < -0.39 is 4.92 Å². The number of nitrogens with two attached hydrogens (primary N) is 1. The van der Waals surface area contributed by atoms with Crippen LogP contribution in [-0.2, 0) is 0 Å². The van der Waals surface area contributed by atoms with Crippen LogP contribution in [0, 0.1) is 17.0 Å². The summed E-state index contributed by atoms with van der Waals surface area (Å²) in [4.78, 5) is 20.7.